The molecule has 18 heavy (non-hydrogen) atoms. The quantitative estimate of drug-likeness (QED) is 0.847. The standard InChI is InChI=1S/C12H17ClN2O2S/c1-9(2)12(5-6-12)8-15-18(16,17)10-4-3-7-14-11(10)13/h3-4,7,9,15H,5-6,8H2,1-2H3. The molecular weight excluding hydrogens is 272 g/mol. The van der Waals surface area contributed by atoms with Crippen molar-refractivity contribution in [3.05, 3.63) is 23.5 Å². The van der Waals surface area contributed by atoms with Gasteiger partial charge in [-0.1, -0.05) is 25.4 Å². The van der Waals surface area contributed by atoms with Crippen LogP contribution in [0.2, 0.25) is 5.15 Å². The first-order valence-electron chi connectivity index (χ1n) is 5.98. The van der Waals surface area contributed by atoms with E-state index < -0.39 is 10.0 Å². The highest BCUT2D eigenvalue weighted by atomic mass is 35.5. The third-order valence-electron chi connectivity index (χ3n) is 3.75. The van der Waals surface area contributed by atoms with Gasteiger partial charge >= 0.3 is 0 Å². The minimum Gasteiger partial charge on any atom is -0.243 e. The Labute approximate surface area is 113 Å². The van der Waals surface area contributed by atoms with Crippen LogP contribution < -0.4 is 4.72 Å². The molecule has 0 amide bonds. The SMILES string of the molecule is CC(C)C1(CNS(=O)(=O)c2cccnc2Cl)CC1. The van der Waals surface area contributed by atoms with E-state index in [4.69, 9.17) is 11.6 Å². The fraction of sp³-hybridized carbons (Fsp3) is 0.583. The van der Waals surface area contributed by atoms with E-state index in [-0.39, 0.29) is 15.5 Å². The van der Waals surface area contributed by atoms with Crippen LogP contribution in [0.15, 0.2) is 23.2 Å². The van der Waals surface area contributed by atoms with Gasteiger partial charge in [-0.05, 0) is 36.3 Å². The van der Waals surface area contributed by atoms with Gasteiger partial charge in [-0.3, -0.25) is 0 Å². The molecule has 0 saturated heterocycles. The smallest absolute Gasteiger partial charge is 0.243 e. The van der Waals surface area contributed by atoms with Crippen molar-refractivity contribution >= 4 is 21.6 Å². The van der Waals surface area contributed by atoms with E-state index in [0.29, 0.717) is 12.5 Å². The van der Waals surface area contributed by atoms with Crippen LogP contribution in [0.25, 0.3) is 0 Å². The van der Waals surface area contributed by atoms with E-state index in [2.05, 4.69) is 23.6 Å². The molecule has 4 nitrogen and oxygen atoms in total. The lowest BCUT2D eigenvalue weighted by Crippen LogP contribution is -2.32. The second-order valence-corrected chi connectivity index (χ2v) is 7.23. The summed E-state index contributed by atoms with van der Waals surface area (Å²) in [5.74, 6) is 0.476. The van der Waals surface area contributed by atoms with E-state index in [1.54, 1.807) is 6.07 Å². The Bertz CT molecular complexity index is 539. The normalized spacial score (nSPS) is 18.0. The highest BCUT2D eigenvalue weighted by Gasteiger charge is 2.45. The number of aromatic nitrogens is 1. The zero-order chi connectivity index (χ0) is 13.4. The van der Waals surface area contributed by atoms with Gasteiger partial charge in [-0.2, -0.15) is 0 Å². The largest absolute Gasteiger partial charge is 0.243 e. The number of hydrogen-bond acceptors (Lipinski definition) is 3. The van der Waals surface area contributed by atoms with Crippen LogP contribution in [-0.2, 0) is 10.0 Å². The predicted octanol–water partition coefficient (Wildman–Crippen LogP) is 2.45. The first-order chi connectivity index (χ1) is 8.37. The Morgan fingerprint density at radius 2 is 2.17 bits per heavy atom. The summed E-state index contributed by atoms with van der Waals surface area (Å²) in [4.78, 5) is 3.83. The van der Waals surface area contributed by atoms with E-state index in [1.807, 2.05) is 0 Å². The molecule has 6 heteroatoms. The van der Waals surface area contributed by atoms with Gasteiger partial charge in [0, 0.05) is 12.7 Å². The third-order valence-corrected chi connectivity index (χ3v) is 5.59. The second kappa shape index (κ2) is 4.79. The van der Waals surface area contributed by atoms with E-state index in [0.717, 1.165) is 12.8 Å². The van der Waals surface area contributed by atoms with Gasteiger partial charge in [0.25, 0.3) is 0 Å². The average Bonchev–Trinajstić information content (AvgIpc) is 3.08. The van der Waals surface area contributed by atoms with Crippen molar-refractivity contribution in [1.82, 2.24) is 9.71 Å². The van der Waals surface area contributed by atoms with Gasteiger partial charge in [0.1, 0.15) is 10.0 Å². The monoisotopic (exact) mass is 288 g/mol. The molecule has 0 radical (unpaired) electrons. The van der Waals surface area contributed by atoms with Crippen molar-refractivity contribution in [2.24, 2.45) is 11.3 Å². The molecule has 1 fully saturated rings. The molecule has 1 aliphatic rings. The number of nitrogens with zero attached hydrogens (tertiary/aromatic N) is 1. The van der Waals surface area contributed by atoms with Crippen molar-refractivity contribution in [2.45, 2.75) is 31.6 Å². The molecule has 100 valence electrons. The Hall–Kier alpha value is -0.650. The van der Waals surface area contributed by atoms with Crippen molar-refractivity contribution < 1.29 is 8.42 Å². The van der Waals surface area contributed by atoms with Crippen LogP contribution >= 0.6 is 11.6 Å². The summed E-state index contributed by atoms with van der Waals surface area (Å²) in [5.41, 5.74) is 0.127. The molecule has 1 heterocycles. The number of pyridine rings is 1. The molecule has 1 aliphatic carbocycles. The van der Waals surface area contributed by atoms with Gasteiger partial charge in [0.2, 0.25) is 10.0 Å². The van der Waals surface area contributed by atoms with Crippen molar-refractivity contribution in [3.8, 4) is 0 Å². The molecule has 1 aromatic heterocycles. The summed E-state index contributed by atoms with van der Waals surface area (Å²) in [6, 6.07) is 3.03. The van der Waals surface area contributed by atoms with Gasteiger partial charge in [-0.25, -0.2) is 18.1 Å². The maximum atomic E-state index is 12.1. The Balaban J connectivity index is 2.12. The van der Waals surface area contributed by atoms with Crippen LogP contribution in [0.1, 0.15) is 26.7 Å². The predicted molar refractivity (Wildman–Crippen MR) is 70.9 cm³/mol. The highest BCUT2D eigenvalue weighted by Crippen LogP contribution is 2.51. The first kappa shape index (κ1) is 13.8. The molecule has 0 unspecified atom stereocenters. The molecular formula is C12H17ClN2O2S. The Morgan fingerprint density at radius 3 is 2.67 bits per heavy atom. The molecule has 1 aromatic rings. The summed E-state index contributed by atoms with van der Waals surface area (Å²) in [6.07, 6.45) is 3.62. The number of nitrogens with one attached hydrogen (secondary N) is 1. The summed E-state index contributed by atoms with van der Waals surface area (Å²) in [6.45, 7) is 4.72. The van der Waals surface area contributed by atoms with E-state index >= 15 is 0 Å². The molecule has 0 spiro atoms. The van der Waals surface area contributed by atoms with E-state index in [9.17, 15) is 8.42 Å². The topological polar surface area (TPSA) is 59.1 Å². The maximum absolute atomic E-state index is 12.1. The molecule has 0 atom stereocenters. The van der Waals surface area contributed by atoms with Gasteiger partial charge < -0.3 is 0 Å². The van der Waals surface area contributed by atoms with Crippen LogP contribution in [-0.4, -0.2) is 19.9 Å². The number of rotatable bonds is 5. The number of sulfonamides is 1. The highest BCUT2D eigenvalue weighted by molar-refractivity contribution is 7.89. The molecule has 1 saturated carbocycles. The van der Waals surface area contributed by atoms with Crippen LogP contribution in [0.3, 0.4) is 0 Å². The van der Waals surface area contributed by atoms with Crippen LogP contribution in [0.5, 0.6) is 0 Å². The lowest BCUT2D eigenvalue weighted by Gasteiger charge is -2.20. The third kappa shape index (κ3) is 2.68. The maximum Gasteiger partial charge on any atom is 0.243 e. The molecule has 1 N–H and O–H groups in total. The van der Waals surface area contributed by atoms with E-state index in [1.165, 1.54) is 12.3 Å². The Morgan fingerprint density at radius 1 is 1.50 bits per heavy atom. The fourth-order valence-electron chi connectivity index (χ4n) is 2.01. The molecule has 0 aromatic carbocycles. The molecule has 2 rings (SSSR count). The zero-order valence-electron chi connectivity index (χ0n) is 10.5. The van der Waals surface area contributed by atoms with Gasteiger partial charge in [0.15, 0.2) is 0 Å². The van der Waals surface area contributed by atoms with Gasteiger partial charge in [0.05, 0.1) is 0 Å². The van der Waals surface area contributed by atoms with Crippen molar-refractivity contribution in [3.63, 3.8) is 0 Å². The Kier molecular flexibility index (Phi) is 3.67. The average molecular weight is 289 g/mol. The van der Waals surface area contributed by atoms with Gasteiger partial charge in [-0.15, -0.1) is 0 Å². The molecule has 0 bridgehead atoms. The van der Waals surface area contributed by atoms with Crippen molar-refractivity contribution in [1.29, 1.82) is 0 Å². The minimum atomic E-state index is -3.56. The summed E-state index contributed by atoms with van der Waals surface area (Å²) in [7, 11) is -3.56. The zero-order valence-corrected chi connectivity index (χ0v) is 12.1. The summed E-state index contributed by atoms with van der Waals surface area (Å²) < 4.78 is 26.9. The number of hydrogen-bond donors (Lipinski definition) is 1. The lowest BCUT2D eigenvalue weighted by molar-refractivity contribution is 0.357. The first-order valence-corrected chi connectivity index (χ1v) is 7.84. The number of halogens is 1. The summed E-state index contributed by atoms with van der Waals surface area (Å²) >= 11 is 5.81. The molecule has 0 aliphatic heterocycles. The lowest BCUT2D eigenvalue weighted by atomic mass is 9.93. The minimum absolute atomic E-state index is 0.0133. The van der Waals surface area contributed by atoms with Crippen molar-refractivity contribution in [2.75, 3.05) is 6.54 Å². The van der Waals surface area contributed by atoms with Crippen LogP contribution in [0.4, 0.5) is 0 Å². The second-order valence-electron chi connectivity index (χ2n) is 5.13. The summed E-state index contributed by atoms with van der Waals surface area (Å²) in [5, 5.41) is 0.0133. The fourth-order valence-corrected chi connectivity index (χ4v) is 3.60. The van der Waals surface area contributed by atoms with Crippen LogP contribution in [0, 0.1) is 11.3 Å².